The van der Waals surface area contributed by atoms with Gasteiger partial charge in [-0.05, 0) is 212 Å². The highest BCUT2D eigenvalue weighted by Gasteiger charge is 2.61. The van der Waals surface area contributed by atoms with E-state index in [4.69, 9.17) is 0 Å². The summed E-state index contributed by atoms with van der Waals surface area (Å²) < 4.78 is 0. The Kier molecular flexibility index (Phi) is 17.3. The molecule has 2 nitrogen and oxygen atoms in total. The van der Waals surface area contributed by atoms with Crippen LogP contribution in [0, 0.1) is 71.0 Å². The highest BCUT2D eigenvalue weighted by Crippen LogP contribution is 2.65. The predicted octanol–water partition coefficient (Wildman–Crippen LogP) is 16.7. The van der Waals surface area contributed by atoms with Gasteiger partial charge in [0.05, 0.1) is 0 Å². The maximum Gasteiger partial charge on any atom is 0.0135 e. The van der Waals surface area contributed by atoms with Crippen molar-refractivity contribution in [1.29, 1.82) is 0 Å². The van der Waals surface area contributed by atoms with Crippen molar-refractivity contribution in [3.05, 3.63) is 0 Å². The van der Waals surface area contributed by atoms with Crippen LogP contribution in [0.25, 0.3) is 0 Å². The van der Waals surface area contributed by atoms with E-state index in [0.717, 1.165) is 107 Å². The van der Waals surface area contributed by atoms with Gasteiger partial charge >= 0.3 is 0 Å². The molecule has 0 aromatic rings. The monoisotopic (exact) mass is 829 g/mol. The first-order valence-corrected chi connectivity index (χ1v) is 29.0. The third kappa shape index (κ3) is 10.5. The van der Waals surface area contributed by atoms with Crippen LogP contribution >= 0.6 is 0 Å². The maximum absolute atomic E-state index is 3.48. The Labute approximate surface area is 375 Å². The van der Waals surface area contributed by atoms with Crippen LogP contribution in [0.4, 0.5) is 0 Å². The molecule has 0 aromatic heterocycles. The minimum absolute atomic E-state index is 0.886. The van der Waals surface area contributed by atoms with Crippen LogP contribution < -0.4 is 0 Å². The van der Waals surface area contributed by atoms with Crippen LogP contribution in [0.15, 0.2) is 0 Å². The van der Waals surface area contributed by atoms with Crippen molar-refractivity contribution in [1.82, 2.24) is 9.80 Å². The van der Waals surface area contributed by atoms with E-state index in [2.05, 4.69) is 51.3 Å². The van der Waals surface area contributed by atoms with Gasteiger partial charge in [-0.25, -0.2) is 0 Å². The standard InChI is InChI=1S/C58H104N2/c1-7-11-15-43-23-31-49(32-24-43)59(47-27-19-41(5)20-28-47)55-39-45(17-13-9-3)51-36-38-54-56(40-46(18-14-10-4)52-35-37-53(55)57(51)58(52)54)60(48-29-21-42(6)22-30-48)50-33-25-44(26-34-50)16-12-8-2/h41-58H,7-40H2,1-6H3. The normalized spacial score (nSPS) is 44.8. The summed E-state index contributed by atoms with van der Waals surface area (Å²) in [6.07, 6.45) is 51.6. The van der Waals surface area contributed by atoms with Crippen LogP contribution in [0.5, 0.6) is 0 Å². The lowest BCUT2D eigenvalue weighted by molar-refractivity contribution is -0.178. The van der Waals surface area contributed by atoms with Crippen LogP contribution in [-0.4, -0.2) is 46.1 Å². The van der Waals surface area contributed by atoms with Gasteiger partial charge in [0.25, 0.3) is 0 Å². The SMILES string of the molecule is CCCCC1CCC(N(C2CCC(C)CC2)C2CC(CCCC)C3CCC4C5C(CCC2C35)C(CCCC)CC4N(C2CCC(C)CC2)C2CCC(CCCC)CC2)CC1. The van der Waals surface area contributed by atoms with Gasteiger partial charge in [0.15, 0.2) is 0 Å². The molecule has 8 rings (SSSR count). The Bertz CT molecular complexity index is 1120. The molecule has 0 spiro atoms. The molecule has 0 aliphatic heterocycles. The van der Waals surface area contributed by atoms with Crippen molar-refractivity contribution >= 4 is 0 Å². The topological polar surface area (TPSA) is 6.48 Å². The summed E-state index contributed by atoms with van der Waals surface area (Å²) in [5, 5.41) is 0. The van der Waals surface area contributed by atoms with Gasteiger partial charge in [-0.1, -0.05) is 119 Å². The number of hydrogen-bond donors (Lipinski definition) is 0. The molecule has 8 saturated carbocycles. The van der Waals surface area contributed by atoms with Crippen LogP contribution in [0.1, 0.15) is 260 Å². The van der Waals surface area contributed by atoms with Gasteiger partial charge < -0.3 is 0 Å². The molecule has 8 fully saturated rings. The fraction of sp³-hybridized carbons (Fsp3) is 1.00. The summed E-state index contributed by atoms with van der Waals surface area (Å²) in [7, 11) is 0. The molecule has 60 heavy (non-hydrogen) atoms. The summed E-state index contributed by atoms with van der Waals surface area (Å²) in [5.74, 6) is 12.1. The summed E-state index contributed by atoms with van der Waals surface area (Å²) in [6.45, 7) is 15.0. The van der Waals surface area contributed by atoms with E-state index in [1.54, 1.807) is 51.4 Å². The number of rotatable bonds is 18. The van der Waals surface area contributed by atoms with Crippen molar-refractivity contribution in [3.8, 4) is 0 Å². The second-order valence-electron chi connectivity index (χ2n) is 24.7. The summed E-state index contributed by atoms with van der Waals surface area (Å²) >= 11 is 0. The van der Waals surface area contributed by atoms with Crippen LogP contribution in [0.2, 0.25) is 0 Å². The Hall–Kier alpha value is -0.0800. The molecule has 0 saturated heterocycles. The number of unbranched alkanes of at least 4 members (excludes halogenated alkanes) is 4. The van der Waals surface area contributed by atoms with Gasteiger partial charge in [0.1, 0.15) is 0 Å². The number of nitrogens with zero attached hydrogens (tertiary/aromatic N) is 2. The molecule has 8 aliphatic carbocycles. The summed E-state index contributed by atoms with van der Waals surface area (Å²) in [4.78, 5) is 6.96. The second-order valence-corrected chi connectivity index (χ2v) is 24.7. The molecule has 2 heteroatoms. The Morgan fingerprint density at radius 3 is 0.967 bits per heavy atom. The zero-order chi connectivity index (χ0) is 41.6. The third-order valence-corrected chi connectivity index (χ3v) is 21.2. The Balaban J connectivity index is 1.13. The second kappa shape index (κ2) is 22.4. The first kappa shape index (κ1) is 46.4. The highest BCUT2D eigenvalue weighted by molar-refractivity contribution is 5.12. The van der Waals surface area contributed by atoms with Crippen molar-refractivity contribution in [2.75, 3.05) is 0 Å². The predicted molar refractivity (Wildman–Crippen MR) is 259 cm³/mol. The molecule has 0 radical (unpaired) electrons. The van der Waals surface area contributed by atoms with E-state index in [1.165, 1.54) is 167 Å². The average Bonchev–Trinajstić information content (AvgIpc) is 3.28. The lowest BCUT2D eigenvalue weighted by atomic mass is 9.42. The molecule has 10 atom stereocenters. The van der Waals surface area contributed by atoms with Crippen LogP contribution in [0.3, 0.4) is 0 Å². The molecule has 0 aromatic carbocycles. The van der Waals surface area contributed by atoms with Gasteiger partial charge in [0, 0.05) is 36.3 Å². The Morgan fingerprint density at radius 1 is 0.333 bits per heavy atom. The minimum Gasteiger partial charge on any atom is -0.294 e. The fourth-order valence-corrected chi connectivity index (χ4v) is 18.1. The van der Waals surface area contributed by atoms with Gasteiger partial charge in [0.2, 0.25) is 0 Å². The Morgan fingerprint density at radius 2 is 0.633 bits per heavy atom. The zero-order valence-electron chi connectivity index (χ0n) is 41.3. The molecule has 0 heterocycles. The lowest BCUT2D eigenvalue weighted by Crippen LogP contribution is -2.66. The van der Waals surface area contributed by atoms with Crippen LogP contribution in [-0.2, 0) is 0 Å². The van der Waals surface area contributed by atoms with Gasteiger partial charge in [-0.2, -0.15) is 0 Å². The van der Waals surface area contributed by atoms with E-state index >= 15 is 0 Å². The maximum atomic E-state index is 3.48. The van der Waals surface area contributed by atoms with Crippen molar-refractivity contribution in [3.63, 3.8) is 0 Å². The minimum atomic E-state index is 0.886. The molecular weight excluding hydrogens is 725 g/mol. The van der Waals surface area contributed by atoms with E-state index in [9.17, 15) is 0 Å². The quantitative estimate of drug-likeness (QED) is 0.136. The zero-order valence-corrected chi connectivity index (χ0v) is 41.3. The van der Waals surface area contributed by atoms with E-state index < -0.39 is 0 Å². The van der Waals surface area contributed by atoms with Crippen molar-refractivity contribution in [2.45, 2.75) is 296 Å². The van der Waals surface area contributed by atoms with E-state index in [0.29, 0.717) is 0 Å². The summed E-state index contributed by atoms with van der Waals surface area (Å²) in [6, 6.07) is 5.34. The number of hydrogen-bond acceptors (Lipinski definition) is 2. The largest absolute Gasteiger partial charge is 0.294 e. The highest BCUT2D eigenvalue weighted by atomic mass is 15.2. The molecule has 0 N–H and O–H groups in total. The fourth-order valence-electron chi connectivity index (χ4n) is 18.1. The lowest BCUT2D eigenvalue weighted by Gasteiger charge is -2.67. The molecule has 0 amide bonds. The smallest absolute Gasteiger partial charge is 0.0135 e. The van der Waals surface area contributed by atoms with Gasteiger partial charge in [-0.15, -0.1) is 0 Å². The van der Waals surface area contributed by atoms with E-state index in [1.807, 2.05) is 0 Å². The molecule has 8 aliphatic rings. The summed E-state index contributed by atoms with van der Waals surface area (Å²) in [5.41, 5.74) is 0. The van der Waals surface area contributed by atoms with Crippen molar-refractivity contribution < 1.29 is 0 Å². The van der Waals surface area contributed by atoms with Gasteiger partial charge in [-0.3, -0.25) is 9.80 Å². The molecule has 0 bridgehead atoms. The molecular formula is C58H104N2. The van der Waals surface area contributed by atoms with E-state index in [-0.39, 0.29) is 0 Å². The first-order chi connectivity index (χ1) is 29.4. The molecule has 346 valence electrons. The third-order valence-electron chi connectivity index (χ3n) is 21.2. The average molecular weight is 829 g/mol. The molecule has 10 unspecified atom stereocenters. The first-order valence-electron chi connectivity index (χ1n) is 29.0. The van der Waals surface area contributed by atoms with Crippen molar-refractivity contribution in [2.24, 2.45) is 71.0 Å².